The number of rotatable bonds is 3. The Balaban J connectivity index is 1.49. The molecule has 0 aliphatic carbocycles. The van der Waals surface area contributed by atoms with Crippen LogP contribution in [0.25, 0.3) is 0 Å². The first-order valence-corrected chi connectivity index (χ1v) is 11.0. The van der Waals surface area contributed by atoms with Crippen molar-refractivity contribution in [1.82, 2.24) is 9.88 Å². The molecule has 0 saturated heterocycles. The normalized spacial score (nSPS) is 16.4. The van der Waals surface area contributed by atoms with Crippen LogP contribution in [0.15, 0.2) is 41.3 Å². The summed E-state index contributed by atoms with van der Waals surface area (Å²) in [6.45, 7) is -0.198. The van der Waals surface area contributed by atoms with Gasteiger partial charge < -0.3 is 19.9 Å². The van der Waals surface area contributed by atoms with E-state index >= 15 is 0 Å². The number of hydrogen-bond donors (Lipinski definition) is 2. The highest BCUT2D eigenvalue weighted by Gasteiger charge is 2.38. The van der Waals surface area contributed by atoms with Crippen LogP contribution in [0, 0.1) is 17.5 Å². The highest BCUT2D eigenvalue weighted by molar-refractivity contribution is 6.31. The molecule has 2 amide bonds. The van der Waals surface area contributed by atoms with Crippen molar-refractivity contribution in [1.29, 1.82) is 0 Å². The number of pyridine rings is 1. The Morgan fingerprint density at radius 1 is 1.17 bits per heavy atom. The average Bonchev–Trinajstić information content (AvgIpc) is 3.00. The van der Waals surface area contributed by atoms with Crippen molar-refractivity contribution in [3.05, 3.63) is 91.6 Å². The van der Waals surface area contributed by atoms with E-state index in [0.29, 0.717) is 24.1 Å². The quantitative estimate of drug-likeness (QED) is 0.533. The molecule has 3 heterocycles. The summed E-state index contributed by atoms with van der Waals surface area (Å²) in [5, 5.41) is 12.3. The molecule has 11 heteroatoms. The maximum atomic E-state index is 14.1. The molecule has 7 nitrogen and oxygen atoms in total. The van der Waals surface area contributed by atoms with E-state index < -0.39 is 63.6 Å². The predicted octanol–water partition coefficient (Wildman–Crippen LogP) is 3.70. The van der Waals surface area contributed by atoms with Crippen LogP contribution < -0.4 is 15.6 Å². The van der Waals surface area contributed by atoms with E-state index in [1.165, 1.54) is 33.9 Å². The SMILES string of the molecule is O=C(NCc1ccc(F)c(Cl)c1F)c1cn2c(c(O)c1=O)C(=O)N1CC2CCc2cc(F)ccc21. The Morgan fingerprint density at radius 2 is 1.94 bits per heavy atom. The first-order valence-electron chi connectivity index (χ1n) is 10.7. The van der Waals surface area contributed by atoms with Crippen molar-refractivity contribution in [2.24, 2.45) is 0 Å². The maximum absolute atomic E-state index is 14.1. The van der Waals surface area contributed by atoms with Crippen LogP contribution in [0.4, 0.5) is 18.9 Å². The largest absolute Gasteiger partial charge is 0.503 e. The molecule has 180 valence electrons. The third-order valence-corrected chi connectivity index (χ3v) is 6.67. The van der Waals surface area contributed by atoms with Gasteiger partial charge in [0.15, 0.2) is 11.4 Å². The Labute approximate surface area is 201 Å². The van der Waals surface area contributed by atoms with Crippen molar-refractivity contribution in [2.45, 2.75) is 25.4 Å². The lowest BCUT2D eigenvalue weighted by Gasteiger charge is -2.35. The first-order chi connectivity index (χ1) is 16.7. The molecule has 0 spiro atoms. The number of aromatic hydroxyl groups is 1. The fourth-order valence-electron chi connectivity index (χ4n) is 4.54. The summed E-state index contributed by atoms with van der Waals surface area (Å²) >= 11 is 5.55. The molecule has 2 aliphatic rings. The Hall–Kier alpha value is -3.79. The van der Waals surface area contributed by atoms with Gasteiger partial charge in [-0.25, -0.2) is 13.2 Å². The molecule has 0 radical (unpaired) electrons. The lowest BCUT2D eigenvalue weighted by molar-refractivity contribution is 0.0929. The van der Waals surface area contributed by atoms with Gasteiger partial charge in [-0.1, -0.05) is 17.7 Å². The van der Waals surface area contributed by atoms with Gasteiger partial charge in [-0.15, -0.1) is 0 Å². The van der Waals surface area contributed by atoms with E-state index in [9.17, 15) is 32.7 Å². The third-order valence-electron chi connectivity index (χ3n) is 6.32. The summed E-state index contributed by atoms with van der Waals surface area (Å²) in [6, 6.07) is 5.71. The van der Waals surface area contributed by atoms with Crippen LogP contribution in [-0.2, 0) is 13.0 Å². The number of benzene rings is 2. The summed E-state index contributed by atoms with van der Waals surface area (Å²) in [6.07, 6.45) is 2.08. The van der Waals surface area contributed by atoms with E-state index in [-0.39, 0.29) is 17.8 Å². The molecule has 1 atom stereocenters. The van der Waals surface area contributed by atoms with Crippen molar-refractivity contribution in [3.8, 4) is 5.75 Å². The predicted molar refractivity (Wildman–Crippen MR) is 120 cm³/mol. The molecule has 35 heavy (non-hydrogen) atoms. The summed E-state index contributed by atoms with van der Waals surface area (Å²) in [5.41, 5.74) is -0.774. The van der Waals surface area contributed by atoms with Gasteiger partial charge in [-0.05, 0) is 42.7 Å². The minimum atomic E-state index is -1.07. The standard InChI is InChI=1S/C24H17ClF3N3O4/c25-18-16(27)5-2-12(19(18)28)8-29-23(34)15-10-30-14-4-1-11-7-13(26)3-6-17(11)31(9-14)24(35)20(30)22(33)21(15)32/h2-3,5-7,10,14,33H,1,4,8-9H2,(H,29,34). The molecule has 2 bridgehead atoms. The minimum Gasteiger partial charge on any atom is -0.503 e. The second-order valence-corrected chi connectivity index (χ2v) is 8.75. The third kappa shape index (κ3) is 3.74. The summed E-state index contributed by atoms with van der Waals surface area (Å²) < 4.78 is 42.7. The van der Waals surface area contributed by atoms with E-state index in [0.717, 1.165) is 12.1 Å². The van der Waals surface area contributed by atoms with Crippen LogP contribution in [-0.4, -0.2) is 28.0 Å². The zero-order valence-corrected chi connectivity index (χ0v) is 18.7. The van der Waals surface area contributed by atoms with Gasteiger partial charge >= 0.3 is 0 Å². The lowest BCUT2D eigenvalue weighted by Crippen LogP contribution is -2.44. The van der Waals surface area contributed by atoms with Crippen LogP contribution in [0.2, 0.25) is 5.02 Å². The van der Waals surface area contributed by atoms with Crippen LogP contribution in [0.3, 0.4) is 0 Å². The lowest BCUT2D eigenvalue weighted by atomic mass is 10.0. The molecule has 3 aromatic rings. The van der Waals surface area contributed by atoms with Crippen molar-refractivity contribution < 1.29 is 27.9 Å². The molecular weight excluding hydrogens is 487 g/mol. The number of aromatic nitrogens is 1. The Bertz CT molecular complexity index is 1470. The number of anilines is 1. The van der Waals surface area contributed by atoms with Crippen molar-refractivity contribution in [3.63, 3.8) is 0 Å². The zero-order valence-electron chi connectivity index (χ0n) is 17.9. The average molecular weight is 504 g/mol. The summed E-state index contributed by atoms with van der Waals surface area (Å²) in [5.74, 6) is -4.91. The van der Waals surface area contributed by atoms with Gasteiger partial charge in [0, 0.05) is 30.5 Å². The molecule has 2 aromatic carbocycles. The smallest absolute Gasteiger partial charge is 0.279 e. The number of amides is 2. The molecule has 1 unspecified atom stereocenters. The first kappa shape index (κ1) is 23.0. The van der Waals surface area contributed by atoms with Gasteiger partial charge in [0.25, 0.3) is 11.8 Å². The Morgan fingerprint density at radius 3 is 2.71 bits per heavy atom. The fourth-order valence-corrected chi connectivity index (χ4v) is 4.73. The molecule has 2 N–H and O–H groups in total. The Kier molecular flexibility index (Phi) is 5.55. The molecule has 0 fully saturated rings. The topological polar surface area (TPSA) is 91.6 Å². The number of carbonyl (C=O) groups is 2. The number of nitrogens with zero attached hydrogens (tertiary/aromatic N) is 2. The number of fused-ring (bicyclic) bond motifs is 6. The van der Waals surface area contributed by atoms with Gasteiger partial charge in [0.05, 0.1) is 6.04 Å². The van der Waals surface area contributed by atoms with Gasteiger partial charge in [0.1, 0.15) is 28.0 Å². The van der Waals surface area contributed by atoms with Gasteiger partial charge in [-0.3, -0.25) is 14.4 Å². The van der Waals surface area contributed by atoms with Gasteiger partial charge in [0.2, 0.25) is 5.43 Å². The highest BCUT2D eigenvalue weighted by atomic mass is 35.5. The van der Waals surface area contributed by atoms with Crippen molar-refractivity contribution in [2.75, 3.05) is 11.4 Å². The van der Waals surface area contributed by atoms with Crippen LogP contribution in [0.5, 0.6) is 5.75 Å². The molecule has 0 saturated carbocycles. The minimum absolute atomic E-state index is 0.105. The number of aryl methyl sites for hydroxylation is 1. The fraction of sp³-hybridized carbons (Fsp3) is 0.208. The second kappa shape index (κ2) is 8.46. The van der Waals surface area contributed by atoms with E-state index in [1.807, 2.05) is 0 Å². The van der Waals surface area contributed by atoms with Crippen molar-refractivity contribution >= 4 is 29.1 Å². The van der Waals surface area contributed by atoms with Crippen LogP contribution >= 0.6 is 11.6 Å². The van der Waals surface area contributed by atoms with E-state index in [1.54, 1.807) is 0 Å². The van der Waals surface area contributed by atoms with Gasteiger partial charge in [-0.2, -0.15) is 0 Å². The zero-order chi connectivity index (χ0) is 25.0. The molecule has 1 aromatic heterocycles. The van der Waals surface area contributed by atoms with E-state index in [2.05, 4.69) is 5.32 Å². The summed E-state index contributed by atoms with van der Waals surface area (Å²) in [7, 11) is 0. The molecule has 2 aliphatic heterocycles. The monoisotopic (exact) mass is 503 g/mol. The molecular formula is C24H17ClF3N3O4. The maximum Gasteiger partial charge on any atom is 0.279 e. The number of halogens is 4. The number of carbonyl (C=O) groups excluding carboxylic acids is 2. The summed E-state index contributed by atoms with van der Waals surface area (Å²) in [4.78, 5) is 40.2. The van der Waals surface area contributed by atoms with E-state index in [4.69, 9.17) is 11.6 Å². The molecule has 5 rings (SSSR count). The highest BCUT2D eigenvalue weighted by Crippen LogP contribution is 2.37. The second-order valence-electron chi connectivity index (χ2n) is 8.37. The van der Waals surface area contributed by atoms with Crippen LogP contribution in [0.1, 0.15) is 44.4 Å². The number of hydrogen-bond acceptors (Lipinski definition) is 4. The number of nitrogens with one attached hydrogen (secondary N) is 1.